The molecule has 0 aromatic heterocycles. The molecule has 1 unspecified atom stereocenters. The summed E-state index contributed by atoms with van der Waals surface area (Å²) >= 11 is 12.8. The van der Waals surface area contributed by atoms with Crippen molar-refractivity contribution in [3.8, 4) is 0 Å². The van der Waals surface area contributed by atoms with Crippen LogP contribution in [0.3, 0.4) is 0 Å². The van der Waals surface area contributed by atoms with Crippen LogP contribution in [0.1, 0.15) is 27.6 Å². The van der Waals surface area contributed by atoms with Gasteiger partial charge in [0.25, 0.3) is 0 Å². The highest BCUT2D eigenvalue weighted by molar-refractivity contribution is 6.33. The highest BCUT2D eigenvalue weighted by Gasteiger charge is 2.23. The Morgan fingerprint density at radius 1 is 1.24 bits per heavy atom. The fourth-order valence-electron chi connectivity index (χ4n) is 2.55. The van der Waals surface area contributed by atoms with Gasteiger partial charge in [-0.1, -0.05) is 17.7 Å². The normalized spacial score (nSPS) is 14.8. The number of benzene rings is 2. The minimum absolute atomic E-state index is 0.0534. The molecule has 1 aliphatic rings. The molecule has 0 bridgehead atoms. The third kappa shape index (κ3) is 2.63. The smallest absolute Gasteiger partial charge is 0.228 e. The van der Waals surface area contributed by atoms with Crippen LogP contribution >= 0.6 is 23.2 Å². The Morgan fingerprint density at radius 3 is 2.71 bits per heavy atom. The number of amides is 1. The van der Waals surface area contributed by atoms with Gasteiger partial charge in [0.1, 0.15) is 5.82 Å². The zero-order valence-electron chi connectivity index (χ0n) is 11.2. The van der Waals surface area contributed by atoms with Gasteiger partial charge in [-0.05, 0) is 53.4 Å². The Morgan fingerprint density at radius 2 is 2.00 bits per heavy atom. The van der Waals surface area contributed by atoms with Crippen molar-refractivity contribution in [2.45, 2.75) is 18.7 Å². The molecule has 2 aromatic rings. The van der Waals surface area contributed by atoms with E-state index in [1.807, 2.05) is 6.07 Å². The van der Waals surface area contributed by atoms with Crippen LogP contribution in [0.15, 0.2) is 30.3 Å². The van der Waals surface area contributed by atoms with Gasteiger partial charge in [0.05, 0.1) is 11.8 Å². The van der Waals surface area contributed by atoms with Gasteiger partial charge >= 0.3 is 0 Å². The van der Waals surface area contributed by atoms with E-state index in [9.17, 15) is 9.18 Å². The van der Waals surface area contributed by atoms with Gasteiger partial charge in [-0.25, -0.2) is 4.39 Å². The molecule has 3 rings (SSSR count). The molecule has 1 amide bonds. The highest BCUT2D eigenvalue weighted by Crippen LogP contribution is 2.39. The van der Waals surface area contributed by atoms with Crippen molar-refractivity contribution in [1.29, 1.82) is 0 Å². The van der Waals surface area contributed by atoms with Crippen LogP contribution in [-0.4, -0.2) is 5.91 Å². The van der Waals surface area contributed by atoms with Crippen molar-refractivity contribution in [3.63, 3.8) is 0 Å². The van der Waals surface area contributed by atoms with Crippen molar-refractivity contribution < 1.29 is 9.18 Å². The second-order valence-electron chi connectivity index (χ2n) is 5.12. The fourth-order valence-corrected chi connectivity index (χ4v) is 3.31. The van der Waals surface area contributed by atoms with Gasteiger partial charge in [0, 0.05) is 10.7 Å². The predicted octanol–water partition coefficient (Wildman–Crippen LogP) is 4.61. The van der Waals surface area contributed by atoms with Crippen LogP contribution in [0.5, 0.6) is 0 Å². The van der Waals surface area contributed by atoms with Crippen molar-refractivity contribution in [2.24, 2.45) is 0 Å². The maximum absolute atomic E-state index is 13.2. The summed E-state index contributed by atoms with van der Waals surface area (Å²) in [5.41, 5.74) is 3.90. The minimum Gasteiger partial charge on any atom is -0.325 e. The lowest BCUT2D eigenvalue weighted by Crippen LogP contribution is -2.03. The lowest BCUT2D eigenvalue weighted by molar-refractivity contribution is -0.115. The van der Waals surface area contributed by atoms with Crippen molar-refractivity contribution >= 4 is 34.8 Å². The Balaban J connectivity index is 2.04. The quantitative estimate of drug-likeness (QED) is 0.803. The fraction of sp³-hybridized carbons (Fsp3) is 0.188. The predicted molar refractivity (Wildman–Crippen MR) is 82.6 cm³/mol. The molecule has 0 saturated heterocycles. The van der Waals surface area contributed by atoms with Crippen LogP contribution in [-0.2, 0) is 11.2 Å². The largest absolute Gasteiger partial charge is 0.325 e. The summed E-state index contributed by atoms with van der Waals surface area (Å²) in [6.45, 7) is 1.81. The monoisotopic (exact) mass is 323 g/mol. The molecule has 5 heteroatoms. The topological polar surface area (TPSA) is 29.1 Å². The number of carbonyl (C=O) groups is 1. The van der Waals surface area contributed by atoms with Crippen molar-refractivity contribution in [3.05, 3.63) is 63.4 Å². The number of fused-ring (bicyclic) bond motifs is 1. The molecule has 1 heterocycles. The zero-order chi connectivity index (χ0) is 15.1. The number of hydrogen-bond donors (Lipinski definition) is 1. The van der Waals surface area contributed by atoms with Crippen molar-refractivity contribution in [2.75, 3.05) is 5.32 Å². The first-order chi connectivity index (χ1) is 9.95. The van der Waals surface area contributed by atoms with Crippen LogP contribution in [0.2, 0.25) is 5.02 Å². The summed E-state index contributed by atoms with van der Waals surface area (Å²) in [6.07, 6.45) is 0.325. The molecule has 21 heavy (non-hydrogen) atoms. The molecule has 0 saturated carbocycles. The number of rotatable bonds is 2. The number of alkyl halides is 1. The highest BCUT2D eigenvalue weighted by atomic mass is 35.5. The summed E-state index contributed by atoms with van der Waals surface area (Å²) in [5.74, 6) is -0.350. The Bertz CT molecular complexity index is 745. The van der Waals surface area contributed by atoms with E-state index in [-0.39, 0.29) is 11.7 Å². The number of nitrogens with one attached hydrogen (secondary N) is 1. The van der Waals surface area contributed by atoms with Gasteiger partial charge < -0.3 is 5.32 Å². The molecule has 0 spiro atoms. The van der Waals surface area contributed by atoms with Gasteiger partial charge in [-0.15, -0.1) is 11.6 Å². The van der Waals surface area contributed by atoms with Crippen LogP contribution in [0, 0.1) is 12.7 Å². The SMILES string of the molecule is Cc1cc(F)ccc1C(Cl)c1cc2c(cc1Cl)NC(=O)C2. The summed E-state index contributed by atoms with van der Waals surface area (Å²) in [4.78, 5) is 11.4. The van der Waals surface area contributed by atoms with E-state index in [2.05, 4.69) is 5.32 Å². The molecule has 1 atom stereocenters. The standard InChI is InChI=1S/C16H12Cl2FNO/c1-8-4-10(19)2-3-11(8)16(18)12-5-9-6-15(21)20-14(9)7-13(12)17/h2-5,7,16H,6H2,1H3,(H,20,21). The second-order valence-corrected chi connectivity index (χ2v) is 5.96. The number of carbonyl (C=O) groups excluding carboxylic acids is 1. The molecule has 2 aromatic carbocycles. The molecular weight excluding hydrogens is 312 g/mol. The molecule has 1 N–H and O–H groups in total. The lowest BCUT2D eigenvalue weighted by Gasteiger charge is -2.16. The second kappa shape index (κ2) is 5.32. The van der Waals surface area contributed by atoms with Gasteiger partial charge in [-0.3, -0.25) is 4.79 Å². The average molecular weight is 324 g/mol. The van der Waals surface area contributed by atoms with Crippen LogP contribution < -0.4 is 5.32 Å². The summed E-state index contributed by atoms with van der Waals surface area (Å²) < 4.78 is 13.2. The lowest BCUT2D eigenvalue weighted by atomic mass is 9.97. The maximum Gasteiger partial charge on any atom is 0.228 e. The molecule has 1 aliphatic heterocycles. The third-order valence-corrected chi connectivity index (χ3v) is 4.42. The van der Waals surface area contributed by atoms with E-state index in [1.165, 1.54) is 12.1 Å². The van der Waals surface area contributed by atoms with Gasteiger partial charge in [-0.2, -0.15) is 0 Å². The minimum atomic E-state index is -0.487. The van der Waals surface area contributed by atoms with E-state index >= 15 is 0 Å². The maximum atomic E-state index is 13.2. The van der Waals surface area contributed by atoms with Crippen LogP contribution in [0.25, 0.3) is 0 Å². The first-order valence-electron chi connectivity index (χ1n) is 6.48. The van der Waals surface area contributed by atoms with Gasteiger partial charge in [0.15, 0.2) is 0 Å². The molecule has 108 valence electrons. The first-order valence-corrected chi connectivity index (χ1v) is 7.29. The first kappa shape index (κ1) is 14.4. The zero-order valence-corrected chi connectivity index (χ0v) is 12.7. The van der Waals surface area contributed by atoms with E-state index in [1.54, 1.807) is 19.1 Å². The Hall–Kier alpha value is -1.58. The average Bonchev–Trinajstić information content (AvgIpc) is 2.76. The molecule has 0 radical (unpaired) electrons. The Labute approximate surface area is 131 Å². The van der Waals surface area contributed by atoms with E-state index < -0.39 is 5.38 Å². The Kier molecular flexibility index (Phi) is 3.64. The number of halogens is 3. The van der Waals surface area contributed by atoms with E-state index in [0.717, 1.165) is 27.9 Å². The molecule has 0 fully saturated rings. The van der Waals surface area contributed by atoms with E-state index in [4.69, 9.17) is 23.2 Å². The summed E-state index contributed by atoms with van der Waals surface area (Å²) in [6, 6.07) is 8.04. The molecule has 2 nitrogen and oxygen atoms in total. The molecule has 0 aliphatic carbocycles. The summed E-state index contributed by atoms with van der Waals surface area (Å²) in [5, 5.41) is 2.75. The number of aryl methyl sites for hydroxylation is 1. The van der Waals surface area contributed by atoms with Gasteiger partial charge in [0.2, 0.25) is 5.91 Å². The van der Waals surface area contributed by atoms with Crippen molar-refractivity contribution in [1.82, 2.24) is 0 Å². The van der Waals surface area contributed by atoms with E-state index in [0.29, 0.717) is 11.4 Å². The summed E-state index contributed by atoms with van der Waals surface area (Å²) in [7, 11) is 0. The number of hydrogen-bond acceptors (Lipinski definition) is 1. The molecular formula is C16H12Cl2FNO. The number of anilines is 1. The third-order valence-electron chi connectivity index (χ3n) is 3.63. The van der Waals surface area contributed by atoms with Crippen LogP contribution in [0.4, 0.5) is 10.1 Å².